The molecule has 1 aromatic heterocycles. The number of thiol groups is 2. The van der Waals surface area contributed by atoms with Crippen LogP contribution in [0.5, 0.6) is 5.75 Å². The number of aromatic amines is 1. The lowest BCUT2D eigenvalue weighted by Gasteiger charge is -2.28. The van der Waals surface area contributed by atoms with Crippen molar-refractivity contribution < 1.29 is 82.8 Å². The van der Waals surface area contributed by atoms with E-state index < -0.39 is 175 Å². The topological polar surface area (TPSA) is 503 Å². The summed E-state index contributed by atoms with van der Waals surface area (Å²) < 4.78 is 0. The van der Waals surface area contributed by atoms with Gasteiger partial charge in [0.25, 0.3) is 0 Å². The number of phenolic OH excluding ortho intramolecular Hbond substituents is 1. The lowest BCUT2D eigenvalue weighted by molar-refractivity contribution is -0.143. The number of aliphatic hydroxyl groups is 1. The van der Waals surface area contributed by atoms with Crippen LogP contribution in [-0.4, -0.2) is 200 Å². The van der Waals surface area contributed by atoms with E-state index in [1.807, 2.05) is 0 Å². The van der Waals surface area contributed by atoms with E-state index in [-0.39, 0.29) is 50.2 Å². The number of carboxylic acid groups (broad SMARTS) is 2. The second-order valence-electron chi connectivity index (χ2n) is 21.9. The van der Waals surface area contributed by atoms with Crippen molar-refractivity contribution in [2.75, 3.05) is 37.7 Å². The Hall–Kier alpha value is -9.31. The number of nitrogens with one attached hydrogen (secondary N) is 12. The maximum Gasteiger partial charge on any atom is 0.326 e. The van der Waals surface area contributed by atoms with E-state index in [0.717, 1.165) is 0 Å². The van der Waals surface area contributed by atoms with Crippen LogP contribution in [0, 0.1) is 5.92 Å². The van der Waals surface area contributed by atoms with Gasteiger partial charge < -0.3 is 95.4 Å². The Balaban J connectivity index is 1.63. The number of benzene rings is 3. The van der Waals surface area contributed by atoms with Gasteiger partial charge in [-0.05, 0) is 73.5 Å². The predicted octanol–water partition coefficient (Wildman–Crippen LogP) is -3.96. The van der Waals surface area contributed by atoms with Gasteiger partial charge in [-0.25, -0.2) is 4.79 Å². The van der Waals surface area contributed by atoms with Crippen molar-refractivity contribution in [2.24, 2.45) is 17.4 Å². The van der Waals surface area contributed by atoms with Crippen LogP contribution in [-0.2, 0) is 81.6 Å². The Morgan fingerprint density at radius 3 is 1.52 bits per heavy atom. The number of nitrogens with two attached hydrogens (primary N) is 2. The molecule has 0 saturated heterocycles. The van der Waals surface area contributed by atoms with Crippen LogP contribution >= 0.6 is 25.3 Å². The highest BCUT2D eigenvalue weighted by molar-refractivity contribution is 7.80. The molecule has 0 aliphatic carbocycles. The third-order valence-electron chi connectivity index (χ3n) is 14.3. The predicted molar refractivity (Wildman–Crippen MR) is 343 cm³/mol. The number of carbonyl (C=O) groups is 13. The first-order valence-electron chi connectivity index (χ1n) is 29.6. The maximum absolute atomic E-state index is 15.0. The Bertz CT molecular complexity index is 3250. The number of aromatic nitrogens is 1. The molecule has 0 aliphatic heterocycles. The summed E-state index contributed by atoms with van der Waals surface area (Å²) in [7, 11) is 0. The molecule has 4 aromatic rings. The number of aliphatic carboxylic acids is 2. The van der Waals surface area contributed by atoms with Gasteiger partial charge in [0, 0.05) is 47.9 Å². The third-order valence-corrected chi connectivity index (χ3v) is 15.1. The first kappa shape index (κ1) is 76.1. The smallest absolute Gasteiger partial charge is 0.326 e. The van der Waals surface area contributed by atoms with Gasteiger partial charge in [0.1, 0.15) is 66.2 Å². The fraction of sp³-hybridized carbons (Fsp3) is 0.450. The molecule has 10 atom stereocenters. The first-order valence-corrected chi connectivity index (χ1v) is 30.8. The maximum atomic E-state index is 15.0. The van der Waals surface area contributed by atoms with Gasteiger partial charge in [0.2, 0.25) is 65.0 Å². The molecule has 4 rings (SSSR count). The first-order chi connectivity index (χ1) is 44.2. The molecule has 0 radical (unpaired) electrons. The highest BCUT2D eigenvalue weighted by atomic mass is 32.1. The molecule has 20 N–H and O–H groups in total. The van der Waals surface area contributed by atoms with Gasteiger partial charge in [-0.2, -0.15) is 25.3 Å². The molecule has 506 valence electrons. The minimum absolute atomic E-state index is 0.0616. The number of phenols is 1. The lowest BCUT2D eigenvalue weighted by Crippen LogP contribution is -2.61. The Kier molecular flexibility index (Phi) is 31.5. The zero-order valence-electron chi connectivity index (χ0n) is 51.3. The van der Waals surface area contributed by atoms with Crippen molar-refractivity contribution in [2.45, 2.75) is 126 Å². The summed E-state index contributed by atoms with van der Waals surface area (Å²) in [4.78, 5) is 177. The van der Waals surface area contributed by atoms with Crippen molar-refractivity contribution in [3.05, 3.63) is 102 Å². The Morgan fingerprint density at radius 1 is 0.505 bits per heavy atom. The molecule has 0 fully saturated rings. The SMILES string of the molecule is CC(C)[C@H](NC(=O)[C@H](CS)NC(=O)[C@H](Cc1ccc(O)cc1)NC(=O)[C@H](CCCCN)NC(=O)[C@H](Cc1c[nH]c2ccccc12)NC(=O)[C@H](Cc1ccccc1)NC(=O)[C@H](CS)NC(=O)[C@H](CC(=O)O)NC(=O)[C@H](C)NC(=O)CNC(=O)[C@H](CO)NC(=O)CN)C(=O)O. The molecular weight excluding hydrogens is 1250 g/mol. The fourth-order valence-electron chi connectivity index (χ4n) is 9.19. The van der Waals surface area contributed by atoms with Crippen LogP contribution in [0.3, 0.4) is 0 Å². The number of unbranched alkanes of at least 4 members (excludes halogenated alkanes) is 1. The van der Waals surface area contributed by atoms with Crippen molar-refractivity contribution in [3.8, 4) is 5.75 Å². The number of fused-ring (bicyclic) bond motifs is 1. The number of aromatic hydroxyl groups is 1. The standard InChI is InChI=1S/C60H82N14O17S2/c1-31(2)50(60(90)91)74-59(89)46(30-93)73-55(85)41(22-34-16-18-36(76)19-17-34)69-53(83)39(15-9-10-20-61)67-56(86)42(23-35-26-63-38-14-8-7-13-37(35)38)71-54(84)40(21-33-11-5-4-6-12-33)70-58(88)45(29-92)72-57(87)43(24-49(79)80)68-51(81)32(3)65-48(78)27-64-52(82)44(28-75)66-47(77)25-62/h4-8,11-14,16-19,26,31-32,39-46,50,63,75-76,92-93H,9-10,15,20-25,27-30,61-62H2,1-3H3,(H,64,82)(H,65,78)(H,66,77)(H,67,86)(H,68,81)(H,69,83)(H,70,88)(H,71,84)(H,72,87)(H,73,85)(H,74,89)(H,79,80)(H,90,91)/t32-,39-,40-,41-,42-,43-,44-,45-,46-,50-/m0/s1. The number of carbonyl (C=O) groups excluding carboxylic acids is 11. The molecule has 0 saturated carbocycles. The minimum Gasteiger partial charge on any atom is -0.508 e. The number of hydrogen-bond acceptors (Lipinski definition) is 19. The van der Waals surface area contributed by atoms with Gasteiger partial charge >= 0.3 is 11.9 Å². The van der Waals surface area contributed by atoms with Gasteiger partial charge in [-0.1, -0.05) is 74.5 Å². The van der Waals surface area contributed by atoms with Crippen LogP contribution in [0.25, 0.3) is 10.9 Å². The molecule has 33 heteroatoms. The van der Waals surface area contributed by atoms with Crippen LogP contribution in [0.1, 0.15) is 63.1 Å². The normalized spacial score (nSPS) is 14.3. The van der Waals surface area contributed by atoms with E-state index in [2.05, 4.69) is 88.7 Å². The van der Waals surface area contributed by atoms with E-state index in [0.29, 0.717) is 34.0 Å². The molecule has 0 bridgehead atoms. The number of carboxylic acids is 2. The summed E-state index contributed by atoms with van der Waals surface area (Å²) in [5.41, 5.74) is 13.2. The molecule has 3 aromatic carbocycles. The van der Waals surface area contributed by atoms with E-state index in [1.165, 1.54) is 31.2 Å². The molecule has 31 nitrogen and oxygen atoms in total. The van der Waals surface area contributed by atoms with Gasteiger partial charge in [-0.15, -0.1) is 0 Å². The summed E-state index contributed by atoms with van der Waals surface area (Å²) in [6.45, 7) is 2.42. The Morgan fingerprint density at radius 2 is 0.989 bits per heavy atom. The molecule has 93 heavy (non-hydrogen) atoms. The van der Waals surface area contributed by atoms with Crippen LogP contribution in [0.2, 0.25) is 0 Å². The number of rotatable bonds is 39. The second-order valence-corrected chi connectivity index (χ2v) is 22.6. The van der Waals surface area contributed by atoms with Crippen molar-refractivity contribution >= 4 is 113 Å². The van der Waals surface area contributed by atoms with Gasteiger partial charge in [0.15, 0.2) is 0 Å². The highest BCUT2D eigenvalue weighted by Crippen LogP contribution is 2.20. The number of aliphatic hydroxyl groups excluding tert-OH is 1. The Labute approximate surface area is 545 Å². The minimum atomic E-state index is -1.88. The summed E-state index contributed by atoms with van der Waals surface area (Å²) in [5.74, 6) is -14.9. The molecule has 11 amide bonds. The van der Waals surface area contributed by atoms with Crippen LogP contribution < -0.4 is 70.0 Å². The quantitative estimate of drug-likeness (QED) is 0.0150. The van der Waals surface area contributed by atoms with Crippen molar-refractivity contribution in [1.29, 1.82) is 0 Å². The van der Waals surface area contributed by atoms with Crippen molar-refractivity contribution in [3.63, 3.8) is 0 Å². The number of H-pyrrole nitrogens is 1. The van der Waals surface area contributed by atoms with E-state index in [9.17, 15) is 82.8 Å². The largest absolute Gasteiger partial charge is 0.508 e. The van der Waals surface area contributed by atoms with Gasteiger partial charge in [-0.3, -0.25) is 57.5 Å². The van der Waals surface area contributed by atoms with E-state index in [1.54, 1.807) is 74.6 Å². The molecule has 0 unspecified atom stereocenters. The number of para-hydroxylation sites is 1. The average molecular weight is 1340 g/mol. The summed E-state index contributed by atoms with van der Waals surface area (Å²) in [6.07, 6.45) is 0.474. The van der Waals surface area contributed by atoms with E-state index in [4.69, 9.17) is 11.5 Å². The summed E-state index contributed by atoms with van der Waals surface area (Å²) in [5, 5.41) is 66.4. The van der Waals surface area contributed by atoms with Crippen LogP contribution in [0.15, 0.2) is 85.1 Å². The molecule has 0 aliphatic rings. The highest BCUT2D eigenvalue weighted by Gasteiger charge is 2.36. The zero-order chi connectivity index (χ0) is 68.9. The average Bonchev–Trinajstić information content (AvgIpc) is 1.94. The number of amides is 11. The third kappa shape index (κ3) is 25.0. The lowest BCUT2D eigenvalue weighted by atomic mass is 10.0. The molecular formula is C60H82N14O17S2. The molecule has 0 spiro atoms. The van der Waals surface area contributed by atoms with Crippen LogP contribution in [0.4, 0.5) is 0 Å². The fourth-order valence-corrected chi connectivity index (χ4v) is 9.71. The van der Waals surface area contributed by atoms with Crippen molar-refractivity contribution in [1.82, 2.24) is 63.5 Å². The molecule has 1 heterocycles. The monoisotopic (exact) mass is 1330 g/mol. The summed E-state index contributed by atoms with van der Waals surface area (Å²) >= 11 is 8.47. The number of hydrogen-bond donors (Lipinski definition) is 20. The summed E-state index contributed by atoms with van der Waals surface area (Å²) in [6, 6.07) is 5.88. The van der Waals surface area contributed by atoms with E-state index >= 15 is 0 Å². The second kappa shape index (κ2) is 38.5. The zero-order valence-corrected chi connectivity index (χ0v) is 53.1. The van der Waals surface area contributed by atoms with Gasteiger partial charge in [0.05, 0.1) is 26.1 Å².